The van der Waals surface area contributed by atoms with E-state index >= 15 is 0 Å². The Morgan fingerprint density at radius 2 is 2.19 bits per heavy atom. The van der Waals surface area contributed by atoms with Crippen LogP contribution in [0.4, 0.5) is 0 Å². The summed E-state index contributed by atoms with van der Waals surface area (Å²) in [6.07, 6.45) is 5.35. The maximum Gasteiger partial charge on any atom is 0.0575 e. The summed E-state index contributed by atoms with van der Waals surface area (Å²) in [4.78, 5) is 2.54. The molecule has 3 nitrogen and oxygen atoms in total. The second kappa shape index (κ2) is 6.80. The maximum absolute atomic E-state index is 5.92. The highest BCUT2D eigenvalue weighted by atomic mass is 35.5. The molecule has 16 heavy (non-hydrogen) atoms. The first-order valence-corrected chi connectivity index (χ1v) is 6.37. The van der Waals surface area contributed by atoms with Crippen molar-refractivity contribution < 1.29 is 4.74 Å². The topological polar surface area (TPSA) is 38.5 Å². The van der Waals surface area contributed by atoms with Crippen LogP contribution < -0.4 is 5.73 Å². The molecule has 96 valence electrons. The molecule has 2 unspecified atom stereocenters. The monoisotopic (exact) mass is 248 g/mol. The van der Waals surface area contributed by atoms with Crippen molar-refractivity contribution in [3.05, 3.63) is 0 Å². The molecule has 0 aromatic rings. The van der Waals surface area contributed by atoms with Crippen LogP contribution in [-0.2, 0) is 4.74 Å². The van der Waals surface area contributed by atoms with Gasteiger partial charge in [0.05, 0.1) is 6.10 Å². The molecule has 3 atom stereocenters. The largest absolute Gasteiger partial charge is 0.378 e. The van der Waals surface area contributed by atoms with E-state index in [1.165, 1.54) is 32.4 Å². The Balaban J connectivity index is 0.00000128. The molecule has 0 aliphatic carbocycles. The van der Waals surface area contributed by atoms with E-state index in [0.717, 1.165) is 25.5 Å². The maximum atomic E-state index is 5.92. The van der Waals surface area contributed by atoms with Crippen LogP contribution in [0, 0.1) is 5.92 Å². The smallest absolute Gasteiger partial charge is 0.0575 e. The van der Waals surface area contributed by atoms with Crippen LogP contribution in [0.25, 0.3) is 0 Å². The molecular weight excluding hydrogens is 224 g/mol. The number of nitrogens with two attached hydrogens (primary N) is 1. The summed E-state index contributed by atoms with van der Waals surface area (Å²) in [5.74, 6) is 0.842. The second-order valence-corrected chi connectivity index (χ2v) is 5.10. The van der Waals surface area contributed by atoms with Gasteiger partial charge in [0.15, 0.2) is 0 Å². The van der Waals surface area contributed by atoms with E-state index in [9.17, 15) is 0 Å². The molecule has 2 rings (SSSR count). The summed E-state index contributed by atoms with van der Waals surface area (Å²) in [5.41, 5.74) is 5.92. The number of hydrogen-bond acceptors (Lipinski definition) is 3. The predicted octanol–water partition coefficient (Wildman–Crippen LogP) is 1.65. The van der Waals surface area contributed by atoms with Crippen molar-refractivity contribution in [1.82, 2.24) is 4.90 Å². The quantitative estimate of drug-likeness (QED) is 0.826. The van der Waals surface area contributed by atoms with Gasteiger partial charge in [-0.25, -0.2) is 0 Å². The molecule has 0 aromatic heterocycles. The van der Waals surface area contributed by atoms with Crippen molar-refractivity contribution >= 4 is 12.4 Å². The molecule has 2 aliphatic rings. The number of halogens is 1. The van der Waals surface area contributed by atoms with Crippen LogP contribution in [0.1, 0.15) is 32.6 Å². The van der Waals surface area contributed by atoms with Crippen molar-refractivity contribution in [2.24, 2.45) is 11.7 Å². The van der Waals surface area contributed by atoms with Gasteiger partial charge in [-0.15, -0.1) is 12.4 Å². The zero-order valence-electron chi connectivity index (χ0n) is 10.2. The van der Waals surface area contributed by atoms with Crippen LogP contribution in [-0.4, -0.2) is 43.3 Å². The van der Waals surface area contributed by atoms with Crippen molar-refractivity contribution in [3.63, 3.8) is 0 Å². The molecule has 0 aromatic carbocycles. The highest BCUT2D eigenvalue weighted by Crippen LogP contribution is 2.24. The van der Waals surface area contributed by atoms with Crippen molar-refractivity contribution in [3.8, 4) is 0 Å². The van der Waals surface area contributed by atoms with Gasteiger partial charge in [-0.1, -0.05) is 6.92 Å². The van der Waals surface area contributed by atoms with Crippen LogP contribution in [0.3, 0.4) is 0 Å². The molecular formula is C12H25ClN2O. The SMILES string of the molecule is CCC1CC(CN2CC[C@H](N)C2)CCO1.Cl. The van der Waals surface area contributed by atoms with Crippen LogP contribution >= 0.6 is 12.4 Å². The summed E-state index contributed by atoms with van der Waals surface area (Å²) < 4.78 is 5.70. The minimum atomic E-state index is 0. The van der Waals surface area contributed by atoms with Crippen molar-refractivity contribution in [1.29, 1.82) is 0 Å². The number of ether oxygens (including phenoxy) is 1. The molecule has 0 bridgehead atoms. The Morgan fingerprint density at radius 1 is 1.38 bits per heavy atom. The van der Waals surface area contributed by atoms with Crippen LogP contribution in [0.5, 0.6) is 0 Å². The molecule has 2 fully saturated rings. The van der Waals surface area contributed by atoms with Gasteiger partial charge in [0.25, 0.3) is 0 Å². The minimum absolute atomic E-state index is 0. The Bertz CT molecular complexity index is 203. The fourth-order valence-electron chi connectivity index (χ4n) is 2.80. The summed E-state index contributed by atoms with van der Waals surface area (Å²) in [6, 6.07) is 0.423. The molecule has 2 N–H and O–H groups in total. The number of hydrogen-bond donors (Lipinski definition) is 1. The van der Waals surface area contributed by atoms with Crippen LogP contribution in [0.2, 0.25) is 0 Å². The molecule has 4 heteroatoms. The first-order chi connectivity index (χ1) is 7.28. The highest BCUT2D eigenvalue weighted by Gasteiger charge is 2.26. The lowest BCUT2D eigenvalue weighted by molar-refractivity contribution is -0.0163. The Morgan fingerprint density at radius 3 is 2.81 bits per heavy atom. The van der Waals surface area contributed by atoms with Gasteiger partial charge >= 0.3 is 0 Å². The van der Waals surface area contributed by atoms with Gasteiger partial charge in [0.2, 0.25) is 0 Å². The standard InChI is InChI=1S/C12H24N2O.ClH/c1-2-12-7-10(4-6-15-12)8-14-5-3-11(13)9-14;/h10-12H,2-9,13H2,1H3;1H/t10?,11-,12?;/m0./s1. The van der Waals surface area contributed by atoms with Crippen LogP contribution in [0.15, 0.2) is 0 Å². The fourth-order valence-corrected chi connectivity index (χ4v) is 2.80. The number of likely N-dealkylation sites (tertiary alicyclic amines) is 1. The molecule has 2 aliphatic heterocycles. The lowest BCUT2D eigenvalue weighted by Gasteiger charge is -2.31. The molecule has 0 amide bonds. The first-order valence-electron chi connectivity index (χ1n) is 6.37. The molecule has 0 saturated carbocycles. The Hall–Kier alpha value is 0.170. The predicted molar refractivity (Wildman–Crippen MR) is 69.0 cm³/mol. The molecule has 2 saturated heterocycles. The van der Waals surface area contributed by atoms with Crippen molar-refractivity contribution in [2.45, 2.75) is 44.8 Å². The first kappa shape index (κ1) is 14.2. The summed E-state index contributed by atoms with van der Waals surface area (Å²) >= 11 is 0. The zero-order chi connectivity index (χ0) is 10.7. The van der Waals surface area contributed by atoms with E-state index in [1.54, 1.807) is 0 Å². The van der Waals surface area contributed by atoms with Gasteiger partial charge in [0.1, 0.15) is 0 Å². The van der Waals surface area contributed by atoms with E-state index in [1.807, 2.05) is 0 Å². The molecule has 0 radical (unpaired) electrons. The third kappa shape index (κ3) is 3.88. The van der Waals surface area contributed by atoms with Gasteiger partial charge in [-0.2, -0.15) is 0 Å². The lowest BCUT2D eigenvalue weighted by atomic mass is 9.94. The number of nitrogens with zero attached hydrogens (tertiary/aromatic N) is 1. The third-order valence-corrected chi connectivity index (χ3v) is 3.76. The highest BCUT2D eigenvalue weighted by molar-refractivity contribution is 5.85. The van der Waals surface area contributed by atoms with Gasteiger partial charge in [0, 0.05) is 25.7 Å². The zero-order valence-corrected chi connectivity index (χ0v) is 11.0. The summed E-state index contributed by atoms with van der Waals surface area (Å²) in [7, 11) is 0. The molecule has 0 spiro atoms. The normalized spacial score (nSPS) is 36.0. The molecule has 2 heterocycles. The van der Waals surface area contributed by atoms with E-state index in [2.05, 4.69) is 11.8 Å². The average molecular weight is 249 g/mol. The Kier molecular flexibility index (Phi) is 6.05. The fraction of sp³-hybridized carbons (Fsp3) is 1.00. The van der Waals surface area contributed by atoms with E-state index < -0.39 is 0 Å². The second-order valence-electron chi connectivity index (χ2n) is 5.10. The van der Waals surface area contributed by atoms with Gasteiger partial charge in [-0.3, -0.25) is 0 Å². The Labute approximate surface area is 105 Å². The lowest BCUT2D eigenvalue weighted by Crippen LogP contribution is -2.35. The van der Waals surface area contributed by atoms with E-state index in [-0.39, 0.29) is 12.4 Å². The average Bonchev–Trinajstić information content (AvgIpc) is 2.64. The van der Waals surface area contributed by atoms with Gasteiger partial charge in [-0.05, 0) is 38.1 Å². The van der Waals surface area contributed by atoms with E-state index in [0.29, 0.717) is 12.1 Å². The van der Waals surface area contributed by atoms with Gasteiger partial charge < -0.3 is 15.4 Å². The minimum Gasteiger partial charge on any atom is -0.378 e. The van der Waals surface area contributed by atoms with E-state index in [4.69, 9.17) is 10.5 Å². The number of rotatable bonds is 3. The third-order valence-electron chi connectivity index (χ3n) is 3.76. The summed E-state index contributed by atoms with van der Waals surface area (Å²) in [5, 5.41) is 0. The summed E-state index contributed by atoms with van der Waals surface area (Å²) in [6.45, 7) is 6.74. The van der Waals surface area contributed by atoms with Crippen molar-refractivity contribution in [2.75, 3.05) is 26.2 Å².